The SMILES string of the molecule is CC(C)(C)Nc1ccc2[nH]ccc2c1. The molecule has 2 aromatic rings. The molecule has 0 saturated heterocycles. The largest absolute Gasteiger partial charge is 0.380 e. The number of benzene rings is 1. The monoisotopic (exact) mass is 188 g/mol. The highest BCUT2D eigenvalue weighted by Gasteiger charge is 2.09. The van der Waals surface area contributed by atoms with Gasteiger partial charge in [0.1, 0.15) is 0 Å². The number of anilines is 1. The summed E-state index contributed by atoms with van der Waals surface area (Å²) in [6.07, 6.45) is 1.96. The molecule has 0 bridgehead atoms. The first kappa shape index (κ1) is 9.13. The van der Waals surface area contributed by atoms with Gasteiger partial charge in [-0.3, -0.25) is 0 Å². The maximum atomic E-state index is 3.45. The fraction of sp³-hybridized carbons (Fsp3) is 0.333. The average molecular weight is 188 g/mol. The highest BCUT2D eigenvalue weighted by atomic mass is 14.9. The summed E-state index contributed by atoms with van der Waals surface area (Å²) in [5.74, 6) is 0. The molecule has 0 aliphatic rings. The molecule has 0 spiro atoms. The van der Waals surface area contributed by atoms with Gasteiger partial charge < -0.3 is 10.3 Å². The first-order valence-electron chi connectivity index (χ1n) is 4.90. The summed E-state index contributed by atoms with van der Waals surface area (Å²) in [5, 5.41) is 4.70. The summed E-state index contributed by atoms with van der Waals surface area (Å²) in [7, 11) is 0. The van der Waals surface area contributed by atoms with Crippen molar-refractivity contribution in [3.63, 3.8) is 0 Å². The zero-order valence-electron chi connectivity index (χ0n) is 8.89. The molecule has 1 aromatic heterocycles. The van der Waals surface area contributed by atoms with Crippen LogP contribution in [0.3, 0.4) is 0 Å². The van der Waals surface area contributed by atoms with E-state index < -0.39 is 0 Å². The molecule has 0 radical (unpaired) electrons. The summed E-state index contributed by atoms with van der Waals surface area (Å²) in [6.45, 7) is 6.48. The van der Waals surface area contributed by atoms with Gasteiger partial charge in [-0.15, -0.1) is 0 Å². The first-order valence-corrected chi connectivity index (χ1v) is 4.90. The van der Waals surface area contributed by atoms with E-state index in [2.05, 4.69) is 55.3 Å². The van der Waals surface area contributed by atoms with Crippen LogP contribution in [-0.2, 0) is 0 Å². The van der Waals surface area contributed by atoms with Crippen molar-refractivity contribution in [2.75, 3.05) is 5.32 Å². The van der Waals surface area contributed by atoms with Gasteiger partial charge in [0.25, 0.3) is 0 Å². The van der Waals surface area contributed by atoms with Gasteiger partial charge >= 0.3 is 0 Å². The minimum absolute atomic E-state index is 0.115. The number of fused-ring (bicyclic) bond motifs is 1. The molecule has 2 nitrogen and oxygen atoms in total. The molecule has 0 amide bonds. The lowest BCUT2D eigenvalue weighted by molar-refractivity contribution is 0.634. The summed E-state index contributed by atoms with van der Waals surface area (Å²) in [5.41, 5.74) is 2.47. The van der Waals surface area contributed by atoms with Gasteiger partial charge in [-0.1, -0.05) is 0 Å². The number of hydrogen-bond acceptors (Lipinski definition) is 1. The number of aromatic amines is 1. The second-order valence-corrected chi connectivity index (χ2v) is 4.65. The minimum Gasteiger partial charge on any atom is -0.380 e. The van der Waals surface area contributed by atoms with E-state index in [-0.39, 0.29) is 5.54 Å². The Morgan fingerprint density at radius 3 is 2.64 bits per heavy atom. The van der Waals surface area contributed by atoms with Crippen molar-refractivity contribution in [2.24, 2.45) is 0 Å². The van der Waals surface area contributed by atoms with E-state index in [4.69, 9.17) is 0 Å². The van der Waals surface area contributed by atoms with Gasteiger partial charge in [0, 0.05) is 28.3 Å². The maximum absolute atomic E-state index is 3.45. The van der Waals surface area contributed by atoms with E-state index in [0.717, 1.165) is 0 Å². The van der Waals surface area contributed by atoms with Crippen molar-refractivity contribution in [1.82, 2.24) is 4.98 Å². The Bertz CT molecular complexity index is 435. The second-order valence-electron chi connectivity index (χ2n) is 4.65. The Morgan fingerprint density at radius 2 is 1.93 bits per heavy atom. The number of hydrogen-bond donors (Lipinski definition) is 2. The lowest BCUT2D eigenvalue weighted by atomic mass is 10.1. The zero-order valence-corrected chi connectivity index (χ0v) is 8.89. The fourth-order valence-electron chi connectivity index (χ4n) is 1.56. The van der Waals surface area contributed by atoms with Gasteiger partial charge in [0.05, 0.1) is 0 Å². The van der Waals surface area contributed by atoms with Crippen molar-refractivity contribution in [3.05, 3.63) is 30.5 Å². The summed E-state index contributed by atoms with van der Waals surface area (Å²) in [4.78, 5) is 3.18. The van der Waals surface area contributed by atoms with Gasteiger partial charge in [-0.05, 0) is 45.0 Å². The van der Waals surface area contributed by atoms with Gasteiger partial charge in [0.15, 0.2) is 0 Å². The van der Waals surface area contributed by atoms with Crippen LogP contribution in [0.15, 0.2) is 30.5 Å². The molecule has 74 valence electrons. The Balaban J connectivity index is 2.35. The second kappa shape index (κ2) is 3.05. The van der Waals surface area contributed by atoms with E-state index in [1.165, 1.54) is 16.6 Å². The molecule has 14 heavy (non-hydrogen) atoms. The molecule has 0 saturated carbocycles. The molecule has 0 unspecified atom stereocenters. The lowest BCUT2D eigenvalue weighted by Gasteiger charge is -2.22. The van der Waals surface area contributed by atoms with Crippen molar-refractivity contribution in [1.29, 1.82) is 0 Å². The smallest absolute Gasteiger partial charge is 0.0455 e. The van der Waals surface area contributed by atoms with Crippen molar-refractivity contribution in [2.45, 2.75) is 26.3 Å². The summed E-state index contributed by atoms with van der Waals surface area (Å²) in [6, 6.07) is 8.45. The first-order chi connectivity index (χ1) is 6.54. The standard InChI is InChI=1S/C12H16N2/c1-12(2,3)14-10-4-5-11-9(8-10)6-7-13-11/h4-8,13-14H,1-3H3. The quantitative estimate of drug-likeness (QED) is 0.705. The van der Waals surface area contributed by atoms with E-state index in [9.17, 15) is 0 Å². The molecule has 0 fully saturated rings. The molecule has 0 aliphatic carbocycles. The van der Waals surface area contributed by atoms with Crippen molar-refractivity contribution < 1.29 is 0 Å². The fourth-order valence-corrected chi connectivity index (χ4v) is 1.56. The van der Waals surface area contributed by atoms with Crippen LogP contribution in [0.1, 0.15) is 20.8 Å². The minimum atomic E-state index is 0.115. The molecular formula is C12H16N2. The van der Waals surface area contributed by atoms with Crippen LogP contribution in [0.5, 0.6) is 0 Å². The van der Waals surface area contributed by atoms with E-state index in [1.807, 2.05) is 6.20 Å². The van der Waals surface area contributed by atoms with Crippen LogP contribution in [-0.4, -0.2) is 10.5 Å². The van der Waals surface area contributed by atoms with Crippen LogP contribution in [0.2, 0.25) is 0 Å². The predicted molar refractivity (Wildman–Crippen MR) is 61.7 cm³/mol. The predicted octanol–water partition coefficient (Wildman–Crippen LogP) is 3.38. The Labute approximate surface area is 84.3 Å². The van der Waals surface area contributed by atoms with Crippen LogP contribution < -0.4 is 5.32 Å². The highest BCUT2D eigenvalue weighted by Crippen LogP contribution is 2.20. The van der Waals surface area contributed by atoms with Gasteiger partial charge in [0.2, 0.25) is 0 Å². The average Bonchev–Trinajstić information content (AvgIpc) is 2.47. The van der Waals surface area contributed by atoms with E-state index in [1.54, 1.807) is 0 Å². The number of nitrogens with one attached hydrogen (secondary N) is 2. The van der Waals surface area contributed by atoms with E-state index in [0.29, 0.717) is 0 Å². The molecule has 1 heterocycles. The number of H-pyrrole nitrogens is 1. The van der Waals surface area contributed by atoms with Gasteiger partial charge in [-0.25, -0.2) is 0 Å². The summed E-state index contributed by atoms with van der Waals surface area (Å²) < 4.78 is 0. The molecule has 2 rings (SSSR count). The molecular weight excluding hydrogens is 172 g/mol. The lowest BCUT2D eigenvalue weighted by Crippen LogP contribution is -2.25. The zero-order chi connectivity index (χ0) is 10.2. The third kappa shape index (κ3) is 1.90. The van der Waals surface area contributed by atoms with Crippen LogP contribution in [0.4, 0.5) is 5.69 Å². The highest BCUT2D eigenvalue weighted by molar-refractivity contribution is 5.83. The van der Waals surface area contributed by atoms with Crippen molar-refractivity contribution >= 4 is 16.6 Å². The Hall–Kier alpha value is -1.44. The molecule has 0 aliphatic heterocycles. The maximum Gasteiger partial charge on any atom is 0.0455 e. The van der Waals surface area contributed by atoms with Crippen LogP contribution in [0.25, 0.3) is 10.9 Å². The molecule has 0 atom stereocenters. The van der Waals surface area contributed by atoms with Crippen LogP contribution >= 0.6 is 0 Å². The normalized spacial score (nSPS) is 11.9. The third-order valence-corrected chi connectivity index (χ3v) is 2.07. The van der Waals surface area contributed by atoms with E-state index >= 15 is 0 Å². The molecule has 2 N–H and O–H groups in total. The summed E-state index contributed by atoms with van der Waals surface area (Å²) >= 11 is 0. The molecule has 1 aromatic carbocycles. The van der Waals surface area contributed by atoms with Crippen LogP contribution in [0, 0.1) is 0 Å². The Morgan fingerprint density at radius 1 is 1.14 bits per heavy atom. The van der Waals surface area contributed by atoms with Crippen molar-refractivity contribution in [3.8, 4) is 0 Å². The Kier molecular flexibility index (Phi) is 1.99. The third-order valence-electron chi connectivity index (χ3n) is 2.07. The number of aromatic nitrogens is 1. The molecule has 2 heteroatoms. The number of rotatable bonds is 1. The topological polar surface area (TPSA) is 27.8 Å². The van der Waals surface area contributed by atoms with Gasteiger partial charge in [-0.2, -0.15) is 0 Å².